The van der Waals surface area contributed by atoms with Crippen LogP contribution >= 0.6 is 27.5 Å². The molecule has 0 aliphatic heterocycles. The molecule has 1 aromatic rings. The Hall–Kier alpha value is -0.0900. The molecule has 0 amide bonds. The van der Waals surface area contributed by atoms with Crippen molar-refractivity contribution in [2.24, 2.45) is 0 Å². The third-order valence-electron chi connectivity index (χ3n) is 2.53. The highest BCUT2D eigenvalue weighted by molar-refractivity contribution is 9.10. The van der Waals surface area contributed by atoms with Crippen molar-refractivity contribution in [1.29, 1.82) is 0 Å². The molecular formula is C13H19BrClNO. The summed E-state index contributed by atoms with van der Waals surface area (Å²) in [5, 5.41) is 4.22. The Morgan fingerprint density at radius 3 is 2.88 bits per heavy atom. The molecule has 2 nitrogen and oxygen atoms in total. The smallest absolute Gasteiger partial charge is 0.0462 e. The molecule has 1 aromatic carbocycles. The minimum Gasteiger partial charge on any atom is -0.385 e. The molecule has 0 spiro atoms. The second-order valence-corrected chi connectivity index (χ2v) is 5.29. The first-order valence-corrected chi connectivity index (χ1v) is 7.04. The van der Waals surface area contributed by atoms with Crippen molar-refractivity contribution in [2.45, 2.75) is 25.8 Å². The monoisotopic (exact) mass is 319 g/mol. The van der Waals surface area contributed by atoms with Gasteiger partial charge in [-0.25, -0.2) is 0 Å². The van der Waals surface area contributed by atoms with Crippen molar-refractivity contribution in [1.82, 2.24) is 5.32 Å². The lowest BCUT2D eigenvalue weighted by Crippen LogP contribution is -2.15. The predicted molar refractivity (Wildman–Crippen MR) is 76.6 cm³/mol. The molecule has 0 unspecified atom stereocenters. The maximum Gasteiger partial charge on any atom is 0.0462 e. The molecule has 0 saturated carbocycles. The summed E-state index contributed by atoms with van der Waals surface area (Å²) < 4.78 is 6.07. The summed E-state index contributed by atoms with van der Waals surface area (Å²) in [6, 6.07) is 5.93. The summed E-state index contributed by atoms with van der Waals surface area (Å²) in [7, 11) is 1.74. The number of ether oxygens (including phenoxy) is 1. The van der Waals surface area contributed by atoms with Crippen LogP contribution in [0.1, 0.15) is 24.8 Å². The highest BCUT2D eigenvalue weighted by Gasteiger charge is 2.00. The average molecular weight is 321 g/mol. The Balaban J connectivity index is 2.15. The van der Waals surface area contributed by atoms with Gasteiger partial charge in [0.15, 0.2) is 0 Å². The second-order valence-electron chi connectivity index (χ2n) is 3.97. The molecule has 17 heavy (non-hydrogen) atoms. The number of benzene rings is 1. The molecule has 0 aliphatic rings. The molecule has 0 aromatic heterocycles. The van der Waals surface area contributed by atoms with Crippen molar-refractivity contribution in [3.05, 3.63) is 33.3 Å². The fourth-order valence-corrected chi connectivity index (χ4v) is 2.17. The molecule has 4 heteroatoms. The van der Waals surface area contributed by atoms with Gasteiger partial charge in [-0.05, 0) is 49.6 Å². The zero-order chi connectivity index (χ0) is 12.5. The Labute approximate surface area is 117 Å². The summed E-state index contributed by atoms with van der Waals surface area (Å²) in [5.74, 6) is 0. The van der Waals surface area contributed by atoms with Crippen molar-refractivity contribution < 1.29 is 4.74 Å². The van der Waals surface area contributed by atoms with Crippen LogP contribution in [-0.2, 0) is 11.3 Å². The average Bonchev–Trinajstić information content (AvgIpc) is 2.32. The number of unbranched alkanes of at least 4 members (excludes halogenated alkanes) is 2. The molecule has 0 heterocycles. The summed E-state index contributed by atoms with van der Waals surface area (Å²) in [6.07, 6.45) is 3.51. The number of hydrogen-bond donors (Lipinski definition) is 1. The van der Waals surface area contributed by atoms with Gasteiger partial charge in [0.2, 0.25) is 0 Å². The SMILES string of the molecule is COCCCCCNCc1cc(Br)ccc1Cl. The van der Waals surface area contributed by atoms with E-state index in [2.05, 4.69) is 27.3 Å². The van der Waals surface area contributed by atoms with Gasteiger partial charge in [0.05, 0.1) is 0 Å². The molecule has 0 radical (unpaired) electrons. The lowest BCUT2D eigenvalue weighted by atomic mass is 10.2. The molecule has 1 N–H and O–H groups in total. The van der Waals surface area contributed by atoms with Crippen LogP contribution in [0.5, 0.6) is 0 Å². The van der Waals surface area contributed by atoms with Crippen LogP contribution in [0, 0.1) is 0 Å². The first kappa shape index (κ1) is 15.0. The Morgan fingerprint density at radius 2 is 2.12 bits per heavy atom. The van der Waals surface area contributed by atoms with Crippen LogP contribution in [0.2, 0.25) is 5.02 Å². The van der Waals surface area contributed by atoms with E-state index in [1.54, 1.807) is 7.11 Å². The molecule has 0 saturated heterocycles. The van der Waals surface area contributed by atoms with Gasteiger partial charge in [-0.1, -0.05) is 27.5 Å². The van der Waals surface area contributed by atoms with E-state index in [0.29, 0.717) is 0 Å². The first-order chi connectivity index (χ1) is 8.24. The highest BCUT2D eigenvalue weighted by Crippen LogP contribution is 2.20. The van der Waals surface area contributed by atoms with Crippen LogP contribution in [-0.4, -0.2) is 20.3 Å². The number of hydrogen-bond acceptors (Lipinski definition) is 2. The maximum absolute atomic E-state index is 6.10. The third-order valence-corrected chi connectivity index (χ3v) is 3.39. The van der Waals surface area contributed by atoms with Crippen LogP contribution in [0.15, 0.2) is 22.7 Å². The van der Waals surface area contributed by atoms with Gasteiger partial charge in [0.1, 0.15) is 0 Å². The zero-order valence-corrected chi connectivity index (χ0v) is 12.5. The number of nitrogens with one attached hydrogen (secondary N) is 1. The van der Waals surface area contributed by atoms with Crippen molar-refractivity contribution in [3.63, 3.8) is 0 Å². The van der Waals surface area contributed by atoms with Gasteiger partial charge in [-0.3, -0.25) is 0 Å². The molecule has 96 valence electrons. The Morgan fingerprint density at radius 1 is 1.29 bits per heavy atom. The van der Waals surface area contributed by atoms with Crippen molar-refractivity contribution in [2.75, 3.05) is 20.3 Å². The standard InChI is InChI=1S/C13H19BrClNO/c1-17-8-4-2-3-7-16-10-11-9-12(14)5-6-13(11)15/h5-6,9,16H,2-4,7-8,10H2,1H3. The van der Waals surface area contributed by atoms with E-state index >= 15 is 0 Å². The molecule has 0 bridgehead atoms. The minimum atomic E-state index is 0.820. The fraction of sp³-hybridized carbons (Fsp3) is 0.538. The van der Waals surface area contributed by atoms with Gasteiger partial charge < -0.3 is 10.1 Å². The predicted octanol–water partition coefficient (Wildman–Crippen LogP) is 4.01. The molecule has 1 rings (SSSR count). The quantitative estimate of drug-likeness (QED) is 0.731. The Bertz CT molecular complexity index is 333. The summed E-state index contributed by atoms with van der Waals surface area (Å²) in [4.78, 5) is 0. The van der Waals surface area contributed by atoms with Crippen molar-refractivity contribution >= 4 is 27.5 Å². The van der Waals surface area contributed by atoms with E-state index in [1.807, 2.05) is 12.1 Å². The van der Waals surface area contributed by atoms with Gasteiger partial charge in [0.25, 0.3) is 0 Å². The van der Waals surface area contributed by atoms with Gasteiger partial charge in [-0.15, -0.1) is 0 Å². The van der Waals surface area contributed by atoms with Gasteiger partial charge in [0, 0.05) is 29.8 Å². The maximum atomic E-state index is 6.10. The zero-order valence-electron chi connectivity index (χ0n) is 10.1. The molecule has 0 fully saturated rings. The summed E-state index contributed by atoms with van der Waals surface area (Å²) in [5.41, 5.74) is 1.14. The van der Waals surface area contributed by atoms with Crippen LogP contribution in [0.25, 0.3) is 0 Å². The second kappa shape index (κ2) is 8.92. The number of halogens is 2. The molecule has 0 aliphatic carbocycles. The summed E-state index contributed by atoms with van der Waals surface area (Å²) in [6.45, 7) is 2.70. The topological polar surface area (TPSA) is 21.3 Å². The molecular weight excluding hydrogens is 302 g/mol. The van der Waals surface area contributed by atoms with E-state index in [1.165, 1.54) is 12.8 Å². The minimum absolute atomic E-state index is 0.820. The van der Waals surface area contributed by atoms with E-state index < -0.39 is 0 Å². The first-order valence-electron chi connectivity index (χ1n) is 5.87. The van der Waals surface area contributed by atoms with Gasteiger partial charge in [-0.2, -0.15) is 0 Å². The summed E-state index contributed by atoms with van der Waals surface area (Å²) >= 11 is 9.55. The van der Waals surface area contributed by atoms with Gasteiger partial charge >= 0.3 is 0 Å². The lowest BCUT2D eigenvalue weighted by Gasteiger charge is -2.07. The fourth-order valence-electron chi connectivity index (χ4n) is 1.58. The van der Waals surface area contributed by atoms with E-state index in [0.717, 1.165) is 41.2 Å². The van der Waals surface area contributed by atoms with E-state index in [9.17, 15) is 0 Å². The number of rotatable bonds is 8. The van der Waals surface area contributed by atoms with Crippen LogP contribution in [0.3, 0.4) is 0 Å². The largest absolute Gasteiger partial charge is 0.385 e. The molecule has 0 atom stereocenters. The van der Waals surface area contributed by atoms with E-state index in [4.69, 9.17) is 16.3 Å². The Kier molecular flexibility index (Phi) is 7.86. The van der Waals surface area contributed by atoms with Crippen LogP contribution < -0.4 is 5.32 Å². The van der Waals surface area contributed by atoms with Crippen LogP contribution in [0.4, 0.5) is 0 Å². The highest BCUT2D eigenvalue weighted by atomic mass is 79.9. The number of methoxy groups -OCH3 is 1. The van der Waals surface area contributed by atoms with E-state index in [-0.39, 0.29) is 0 Å². The lowest BCUT2D eigenvalue weighted by molar-refractivity contribution is 0.192. The normalized spacial score (nSPS) is 10.8. The van der Waals surface area contributed by atoms with Crippen molar-refractivity contribution in [3.8, 4) is 0 Å². The third kappa shape index (κ3) is 6.41.